The Bertz CT molecular complexity index is 1140. The van der Waals surface area contributed by atoms with Gasteiger partial charge in [-0.3, -0.25) is 4.79 Å². The van der Waals surface area contributed by atoms with Gasteiger partial charge in [-0.25, -0.2) is 0 Å². The van der Waals surface area contributed by atoms with E-state index in [1.54, 1.807) is 6.08 Å². The molecule has 0 aliphatic heterocycles. The van der Waals surface area contributed by atoms with Crippen molar-refractivity contribution in [3.05, 3.63) is 133 Å². The maximum atomic E-state index is 13.8. The second-order valence-corrected chi connectivity index (χ2v) is 11.0. The lowest BCUT2D eigenvalue weighted by Gasteiger charge is -2.32. The van der Waals surface area contributed by atoms with Gasteiger partial charge in [0.05, 0.1) is 0 Å². The number of carbonyl (C=O) groups excluding carboxylic acids is 1. The summed E-state index contributed by atoms with van der Waals surface area (Å²) in [4.78, 5) is 13.8. The van der Waals surface area contributed by atoms with Gasteiger partial charge in [-0.1, -0.05) is 134 Å². The molecule has 4 aromatic rings. The van der Waals surface area contributed by atoms with Gasteiger partial charge in [0.1, 0.15) is 0 Å². The van der Waals surface area contributed by atoms with Crippen LogP contribution in [-0.4, -0.2) is 11.1 Å². The maximum Gasteiger partial charge on any atom is 0.182 e. The summed E-state index contributed by atoms with van der Waals surface area (Å²) < 4.78 is 0. The van der Waals surface area contributed by atoms with E-state index in [4.69, 9.17) is 0 Å². The molecule has 1 nitrogen and oxygen atoms in total. The lowest BCUT2D eigenvalue weighted by Crippen LogP contribution is -2.32. The Morgan fingerprint density at radius 2 is 1.00 bits per heavy atom. The van der Waals surface area contributed by atoms with Crippen molar-refractivity contribution < 1.29 is 4.79 Å². The Hall–Kier alpha value is -3.41. The van der Waals surface area contributed by atoms with Crippen molar-refractivity contribution in [2.75, 3.05) is 0 Å². The Labute approximate surface area is 191 Å². The summed E-state index contributed by atoms with van der Waals surface area (Å²) in [6.45, 7) is -0.221. The Morgan fingerprint density at radius 1 is 0.625 bits per heavy atom. The van der Waals surface area contributed by atoms with Crippen molar-refractivity contribution in [2.24, 2.45) is 0 Å². The molecule has 0 aliphatic carbocycles. The first-order valence-electron chi connectivity index (χ1n) is 11.0. The highest BCUT2D eigenvalue weighted by molar-refractivity contribution is 7.96. The number of rotatable bonds is 7. The van der Waals surface area contributed by atoms with Crippen LogP contribution in [-0.2, 0) is 4.79 Å². The number of benzene rings is 4. The summed E-state index contributed by atoms with van der Waals surface area (Å²) in [7, 11) is 0. The van der Waals surface area contributed by atoms with E-state index in [1.165, 1.54) is 15.9 Å². The molecule has 0 saturated carbocycles. The number of carbonyl (C=O) groups is 1. The molecular formula is C30H27OP. The predicted molar refractivity (Wildman–Crippen MR) is 141 cm³/mol. The Balaban J connectivity index is 2.06. The number of hydrogen-bond donors (Lipinski definition) is 0. The second-order valence-electron chi connectivity index (χ2n) is 7.59. The molecule has 0 atom stereocenters. The van der Waals surface area contributed by atoms with Crippen molar-refractivity contribution >= 4 is 40.0 Å². The molecule has 0 bridgehead atoms. The molecule has 2 heteroatoms. The third kappa shape index (κ3) is 4.31. The van der Waals surface area contributed by atoms with Crippen LogP contribution in [0.4, 0.5) is 0 Å². The normalized spacial score (nSPS) is 11.4. The van der Waals surface area contributed by atoms with Crippen molar-refractivity contribution in [3.63, 3.8) is 0 Å². The summed E-state index contributed by atoms with van der Waals surface area (Å²) in [6, 6.07) is 41.6. The van der Waals surface area contributed by atoms with E-state index in [0.29, 0.717) is 6.42 Å². The average molecular weight is 435 g/mol. The lowest BCUT2D eigenvalue weighted by atomic mass is 10.1. The van der Waals surface area contributed by atoms with Gasteiger partial charge >= 0.3 is 0 Å². The maximum absolute atomic E-state index is 13.8. The third-order valence-corrected chi connectivity index (χ3v) is 10.2. The summed E-state index contributed by atoms with van der Waals surface area (Å²) in [5.74, 6) is 0.0984. The summed E-state index contributed by atoms with van der Waals surface area (Å²) in [5, 5.41) is 4.58. The van der Waals surface area contributed by atoms with Crippen molar-refractivity contribution in [1.29, 1.82) is 0 Å². The second kappa shape index (κ2) is 10.3. The van der Waals surface area contributed by atoms with Gasteiger partial charge in [-0.2, -0.15) is 0 Å². The molecule has 0 N–H and O–H groups in total. The van der Waals surface area contributed by atoms with Crippen LogP contribution >= 0.6 is 6.89 Å². The van der Waals surface area contributed by atoms with Crippen LogP contribution in [0.15, 0.2) is 127 Å². The summed E-state index contributed by atoms with van der Waals surface area (Å²) in [5.41, 5.74) is 1.03. The van der Waals surface area contributed by atoms with Crippen LogP contribution in [0.1, 0.15) is 18.9 Å². The molecule has 0 saturated heterocycles. The minimum absolute atomic E-state index is 0.0984. The van der Waals surface area contributed by atoms with Gasteiger partial charge in [-0.15, -0.1) is 0 Å². The van der Waals surface area contributed by atoms with Crippen molar-refractivity contribution in [2.45, 2.75) is 13.3 Å². The molecule has 0 amide bonds. The molecule has 0 aliphatic rings. The van der Waals surface area contributed by atoms with Gasteiger partial charge in [0, 0.05) is 5.29 Å². The monoisotopic (exact) mass is 434 g/mol. The molecule has 0 radical (unpaired) electrons. The quantitative estimate of drug-likeness (QED) is 0.264. The molecule has 0 fully saturated rings. The first kappa shape index (κ1) is 21.8. The zero-order valence-electron chi connectivity index (χ0n) is 18.3. The van der Waals surface area contributed by atoms with Gasteiger partial charge in [-0.05, 0) is 40.9 Å². The molecule has 4 rings (SSSR count). The zero-order valence-corrected chi connectivity index (χ0v) is 19.2. The van der Waals surface area contributed by atoms with E-state index in [9.17, 15) is 4.79 Å². The number of ketones is 1. The van der Waals surface area contributed by atoms with Gasteiger partial charge in [0.2, 0.25) is 0 Å². The van der Waals surface area contributed by atoms with Gasteiger partial charge < -0.3 is 0 Å². The molecule has 4 aromatic carbocycles. The molecule has 0 spiro atoms. The van der Waals surface area contributed by atoms with Crippen LogP contribution in [0.25, 0.3) is 6.08 Å². The average Bonchev–Trinajstić information content (AvgIpc) is 2.88. The van der Waals surface area contributed by atoms with Gasteiger partial charge in [0.25, 0.3) is 0 Å². The van der Waals surface area contributed by atoms with E-state index in [0.717, 1.165) is 10.9 Å². The largest absolute Gasteiger partial charge is 0.290 e. The number of hydrogen-bond acceptors (Lipinski definition) is 1. The lowest BCUT2D eigenvalue weighted by molar-refractivity contribution is -0.108. The number of allylic oxidation sites excluding steroid dienone is 1. The highest BCUT2D eigenvalue weighted by atomic mass is 31.2. The standard InChI is InChI=1S/C30H27OP/c1-2-30(29(31)24-23-25-15-7-3-8-16-25)32(26-17-9-4-10-18-26,27-19-11-5-12-20-27)28-21-13-6-14-22-28/h3-24H,2H2,1H3/b24-23+. The fraction of sp³-hybridized carbons (Fsp3) is 0.0667. The molecular weight excluding hydrogens is 407 g/mol. The SMILES string of the molecule is CCC(C(=O)/C=C/c1ccccc1)=P(c1ccccc1)(c1ccccc1)c1ccccc1. The van der Waals surface area contributed by atoms with Crippen LogP contribution < -0.4 is 15.9 Å². The highest BCUT2D eigenvalue weighted by Gasteiger charge is 2.31. The fourth-order valence-electron chi connectivity index (χ4n) is 4.28. The fourth-order valence-corrected chi connectivity index (χ4v) is 8.85. The summed E-state index contributed by atoms with van der Waals surface area (Å²) in [6.07, 6.45) is 4.36. The van der Waals surface area contributed by atoms with E-state index in [2.05, 4.69) is 79.7 Å². The highest BCUT2D eigenvalue weighted by Crippen LogP contribution is 2.47. The Morgan fingerprint density at radius 3 is 1.38 bits per heavy atom. The minimum atomic E-state index is -2.32. The van der Waals surface area contributed by atoms with Gasteiger partial charge in [0.15, 0.2) is 5.78 Å². The minimum Gasteiger partial charge on any atom is -0.290 e. The van der Waals surface area contributed by atoms with Crippen molar-refractivity contribution in [1.82, 2.24) is 0 Å². The van der Waals surface area contributed by atoms with E-state index >= 15 is 0 Å². The third-order valence-electron chi connectivity index (χ3n) is 5.68. The van der Waals surface area contributed by atoms with Crippen LogP contribution in [0.5, 0.6) is 0 Å². The molecule has 32 heavy (non-hydrogen) atoms. The zero-order chi connectivity index (χ0) is 22.2. The van der Waals surface area contributed by atoms with Crippen LogP contribution in [0.2, 0.25) is 0 Å². The molecule has 0 aromatic heterocycles. The van der Waals surface area contributed by atoms with Crippen LogP contribution in [0.3, 0.4) is 0 Å². The molecule has 158 valence electrons. The van der Waals surface area contributed by atoms with Crippen molar-refractivity contribution in [3.8, 4) is 0 Å². The van der Waals surface area contributed by atoms with Crippen LogP contribution in [0, 0.1) is 0 Å². The molecule has 0 heterocycles. The topological polar surface area (TPSA) is 17.1 Å². The first-order valence-corrected chi connectivity index (χ1v) is 12.8. The first-order chi connectivity index (χ1) is 15.8. The van der Waals surface area contributed by atoms with E-state index in [1.807, 2.05) is 54.6 Å². The Kier molecular flexibility index (Phi) is 7.00. The smallest absolute Gasteiger partial charge is 0.182 e. The predicted octanol–water partition coefficient (Wildman–Crippen LogP) is 5.85. The van der Waals surface area contributed by atoms with E-state index in [-0.39, 0.29) is 5.78 Å². The van der Waals surface area contributed by atoms with E-state index < -0.39 is 6.89 Å². The molecule has 0 unspecified atom stereocenters. The summed E-state index contributed by atoms with van der Waals surface area (Å²) >= 11 is 0.